The highest BCUT2D eigenvalue weighted by molar-refractivity contribution is 5.74. The molecule has 0 aromatic heterocycles. The molecular weight excluding hydrogens is 212 g/mol. The lowest BCUT2D eigenvalue weighted by atomic mass is 9.64. The van der Waals surface area contributed by atoms with Crippen molar-refractivity contribution in [3.05, 3.63) is 0 Å². The lowest BCUT2D eigenvalue weighted by Gasteiger charge is -2.40. The van der Waals surface area contributed by atoms with E-state index in [0.717, 1.165) is 32.2 Å². The molecular formula is C14H30N2O. The van der Waals surface area contributed by atoms with Crippen LogP contribution >= 0.6 is 0 Å². The van der Waals surface area contributed by atoms with E-state index in [4.69, 9.17) is 11.5 Å². The van der Waals surface area contributed by atoms with Crippen molar-refractivity contribution in [2.75, 3.05) is 6.54 Å². The van der Waals surface area contributed by atoms with E-state index >= 15 is 0 Å². The van der Waals surface area contributed by atoms with E-state index in [0.29, 0.717) is 18.3 Å². The van der Waals surface area contributed by atoms with Gasteiger partial charge in [-0.3, -0.25) is 4.79 Å². The lowest BCUT2D eigenvalue weighted by Crippen LogP contribution is -2.37. The second-order valence-electron chi connectivity index (χ2n) is 5.69. The first-order valence-corrected chi connectivity index (χ1v) is 6.86. The van der Waals surface area contributed by atoms with Crippen LogP contribution in [0.2, 0.25) is 0 Å². The molecule has 2 atom stereocenters. The molecule has 0 bridgehead atoms. The van der Waals surface area contributed by atoms with Gasteiger partial charge in [-0.1, -0.05) is 40.5 Å². The van der Waals surface area contributed by atoms with Crippen LogP contribution in [0.25, 0.3) is 0 Å². The minimum atomic E-state index is -0.182. The standard InChI is InChI=1S/C14H30N2O/c1-5-12(8-6-7-9-15)14(4,11(2)3)10-13(16)17/h11-12H,5-10,15H2,1-4H3,(H2,16,17). The molecule has 17 heavy (non-hydrogen) atoms. The van der Waals surface area contributed by atoms with Crippen LogP contribution in [-0.4, -0.2) is 12.5 Å². The molecule has 0 aliphatic rings. The van der Waals surface area contributed by atoms with Crippen LogP contribution in [-0.2, 0) is 4.79 Å². The Hall–Kier alpha value is -0.570. The van der Waals surface area contributed by atoms with Gasteiger partial charge in [0.05, 0.1) is 0 Å². The fraction of sp³-hybridized carbons (Fsp3) is 0.929. The van der Waals surface area contributed by atoms with Gasteiger partial charge in [0.1, 0.15) is 0 Å². The molecule has 0 fully saturated rings. The zero-order valence-corrected chi connectivity index (χ0v) is 12.0. The fourth-order valence-corrected chi connectivity index (χ4v) is 2.73. The lowest BCUT2D eigenvalue weighted by molar-refractivity contribution is -0.122. The molecule has 2 unspecified atom stereocenters. The highest BCUT2D eigenvalue weighted by atomic mass is 16.1. The van der Waals surface area contributed by atoms with Crippen molar-refractivity contribution in [3.8, 4) is 0 Å². The van der Waals surface area contributed by atoms with Gasteiger partial charge in [-0.05, 0) is 36.6 Å². The predicted octanol–water partition coefficient (Wildman–Crippen LogP) is 2.68. The maximum atomic E-state index is 11.3. The summed E-state index contributed by atoms with van der Waals surface area (Å²) in [6.45, 7) is 9.54. The Morgan fingerprint density at radius 3 is 2.24 bits per heavy atom. The fourth-order valence-electron chi connectivity index (χ4n) is 2.73. The van der Waals surface area contributed by atoms with Crippen LogP contribution in [0, 0.1) is 17.3 Å². The number of nitrogens with two attached hydrogens (primary N) is 2. The molecule has 0 aliphatic heterocycles. The molecule has 0 saturated carbocycles. The first-order chi connectivity index (χ1) is 7.88. The van der Waals surface area contributed by atoms with Crippen molar-refractivity contribution in [2.45, 2.75) is 59.8 Å². The van der Waals surface area contributed by atoms with Crippen LogP contribution in [0.3, 0.4) is 0 Å². The molecule has 0 saturated heterocycles. The average molecular weight is 242 g/mol. The van der Waals surface area contributed by atoms with Crippen LogP contribution in [0.5, 0.6) is 0 Å². The number of rotatable bonds is 9. The molecule has 102 valence electrons. The molecule has 0 aromatic carbocycles. The molecule has 0 aliphatic carbocycles. The zero-order valence-electron chi connectivity index (χ0n) is 12.0. The van der Waals surface area contributed by atoms with Crippen molar-refractivity contribution < 1.29 is 4.79 Å². The van der Waals surface area contributed by atoms with Gasteiger partial charge in [0.2, 0.25) is 5.91 Å². The normalized spacial score (nSPS) is 16.8. The molecule has 0 aromatic rings. The smallest absolute Gasteiger partial charge is 0.217 e. The number of amides is 1. The summed E-state index contributed by atoms with van der Waals surface area (Å²) < 4.78 is 0. The van der Waals surface area contributed by atoms with E-state index in [2.05, 4.69) is 27.7 Å². The third-order valence-corrected chi connectivity index (χ3v) is 4.31. The van der Waals surface area contributed by atoms with E-state index in [-0.39, 0.29) is 11.3 Å². The van der Waals surface area contributed by atoms with Gasteiger partial charge in [0.15, 0.2) is 0 Å². The van der Waals surface area contributed by atoms with Crippen LogP contribution in [0.15, 0.2) is 0 Å². The Morgan fingerprint density at radius 1 is 1.29 bits per heavy atom. The number of primary amides is 1. The van der Waals surface area contributed by atoms with Gasteiger partial charge >= 0.3 is 0 Å². The highest BCUT2D eigenvalue weighted by Crippen LogP contribution is 2.43. The zero-order chi connectivity index (χ0) is 13.5. The SMILES string of the molecule is CCC(CCCCN)C(C)(CC(N)=O)C(C)C. The highest BCUT2D eigenvalue weighted by Gasteiger charge is 2.36. The molecule has 0 radical (unpaired) electrons. The molecule has 0 heterocycles. The molecule has 0 rings (SSSR count). The summed E-state index contributed by atoms with van der Waals surface area (Å²) >= 11 is 0. The largest absolute Gasteiger partial charge is 0.370 e. The Labute approximate surface area is 106 Å². The first-order valence-electron chi connectivity index (χ1n) is 6.86. The predicted molar refractivity (Wildman–Crippen MR) is 73.4 cm³/mol. The quantitative estimate of drug-likeness (QED) is 0.610. The maximum absolute atomic E-state index is 11.3. The molecule has 0 spiro atoms. The monoisotopic (exact) mass is 242 g/mol. The van der Waals surface area contributed by atoms with Crippen molar-refractivity contribution in [1.29, 1.82) is 0 Å². The third kappa shape index (κ3) is 5.07. The number of carbonyl (C=O) groups excluding carboxylic acids is 1. The second-order valence-corrected chi connectivity index (χ2v) is 5.69. The Balaban J connectivity index is 4.67. The Kier molecular flexibility index (Phi) is 7.44. The summed E-state index contributed by atoms with van der Waals surface area (Å²) in [5.74, 6) is 0.845. The van der Waals surface area contributed by atoms with Gasteiger partial charge in [-0.25, -0.2) is 0 Å². The minimum Gasteiger partial charge on any atom is -0.370 e. The number of hydrogen-bond acceptors (Lipinski definition) is 2. The van der Waals surface area contributed by atoms with E-state index in [1.54, 1.807) is 0 Å². The van der Waals surface area contributed by atoms with Crippen LogP contribution < -0.4 is 11.5 Å². The molecule has 4 N–H and O–H groups in total. The third-order valence-electron chi connectivity index (χ3n) is 4.31. The van der Waals surface area contributed by atoms with Gasteiger partial charge in [0.25, 0.3) is 0 Å². The number of hydrogen-bond donors (Lipinski definition) is 2. The number of carbonyl (C=O) groups is 1. The van der Waals surface area contributed by atoms with E-state index < -0.39 is 0 Å². The summed E-state index contributed by atoms with van der Waals surface area (Å²) in [7, 11) is 0. The van der Waals surface area contributed by atoms with Crippen LogP contribution in [0.4, 0.5) is 0 Å². The molecule has 3 heteroatoms. The van der Waals surface area contributed by atoms with Crippen molar-refractivity contribution in [1.82, 2.24) is 0 Å². The van der Waals surface area contributed by atoms with E-state index in [1.807, 2.05) is 0 Å². The van der Waals surface area contributed by atoms with Crippen molar-refractivity contribution in [3.63, 3.8) is 0 Å². The van der Waals surface area contributed by atoms with Gasteiger partial charge < -0.3 is 11.5 Å². The average Bonchev–Trinajstić information content (AvgIpc) is 2.23. The van der Waals surface area contributed by atoms with Crippen LogP contribution in [0.1, 0.15) is 59.8 Å². The minimum absolute atomic E-state index is 0.0230. The van der Waals surface area contributed by atoms with Gasteiger partial charge in [0, 0.05) is 6.42 Å². The number of unbranched alkanes of at least 4 members (excludes halogenated alkanes) is 1. The van der Waals surface area contributed by atoms with E-state index in [1.165, 1.54) is 0 Å². The Morgan fingerprint density at radius 2 is 1.88 bits per heavy atom. The second kappa shape index (κ2) is 7.70. The summed E-state index contributed by atoms with van der Waals surface area (Å²) in [5, 5.41) is 0. The van der Waals surface area contributed by atoms with E-state index in [9.17, 15) is 4.79 Å². The topological polar surface area (TPSA) is 69.1 Å². The van der Waals surface area contributed by atoms with Crippen molar-refractivity contribution in [2.24, 2.45) is 28.7 Å². The Bertz CT molecular complexity index is 228. The summed E-state index contributed by atoms with van der Waals surface area (Å²) in [6.07, 6.45) is 4.96. The van der Waals surface area contributed by atoms with Gasteiger partial charge in [-0.15, -0.1) is 0 Å². The summed E-state index contributed by atoms with van der Waals surface area (Å²) in [5.41, 5.74) is 11.0. The first kappa shape index (κ1) is 16.4. The maximum Gasteiger partial charge on any atom is 0.217 e. The molecule has 1 amide bonds. The van der Waals surface area contributed by atoms with Crippen molar-refractivity contribution >= 4 is 5.91 Å². The summed E-state index contributed by atoms with van der Waals surface area (Å²) in [4.78, 5) is 11.3. The van der Waals surface area contributed by atoms with Gasteiger partial charge in [-0.2, -0.15) is 0 Å². The molecule has 3 nitrogen and oxygen atoms in total. The summed E-state index contributed by atoms with van der Waals surface area (Å²) in [6, 6.07) is 0.